The van der Waals surface area contributed by atoms with Crippen molar-refractivity contribution < 1.29 is 9.53 Å². The average molecular weight is 419 g/mol. The van der Waals surface area contributed by atoms with Gasteiger partial charge in [0.25, 0.3) is 5.56 Å². The van der Waals surface area contributed by atoms with Crippen molar-refractivity contribution in [2.24, 2.45) is 13.0 Å². The Kier molecular flexibility index (Phi) is 4.94. The molecule has 0 amide bonds. The molecule has 2 atom stereocenters. The Morgan fingerprint density at radius 1 is 1.16 bits per heavy atom. The maximum absolute atomic E-state index is 13.2. The van der Waals surface area contributed by atoms with Gasteiger partial charge < -0.3 is 13.9 Å². The summed E-state index contributed by atoms with van der Waals surface area (Å²) >= 11 is 0. The molecular weight excluding hydrogens is 394 g/mol. The molecule has 1 fully saturated rings. The summed E-state index contributed by atoms with van der Waals surface area (Å²) in [6.45, 7) is 3.35. The van der Waals surface area contributed by atoms with Crippen LogP contribution in [-0.4, -0.2) is 50.2 Å². The van der Waals surface area contributed by atoms with Crippen molar-refractivity contribution in [1.29, 1.82) is 0 Å². The quantitative estimate of drug-likeness (QED) is 0.602. The highest BCUT2D eigenvalue weighted by Crippen LogP contribution is 2.36. The third-order valence-corrected chi connectivity index (χ3v) is 6.37. The van der Waals surface area contributed by atoms with Gasteiger partial charge >= 0.3 is 5.97 Å². The third kappa shape index (κ3) is 3.57. The van der Waals surface area contributed by atoms with Crippen molar-refractivity contribution in [2.75, 3.05) is 20.2 Å². The molecule has 5 heterocycles. The number of pyridine rings is 2. The molecule has 0 radical (unpaired) electrons. The Hall–Kier alpha value is -3.26. The van der Waals surface area contributed by atoms with Crippen molar-refractivity contribution in [1.82, 2.24) is 24.0 Å². The molecule has 0 spiro atoms. The SMILES string of the molecule is COC(=O)c1ccc(CN2C[C@@H]3C[C@H](C2)c2ccc(-c4nccn4C)c(=O)n2C3)cn1. The van der Waals surface area contributed by atoms with Crippen LogP contribution < -0.4 is 5.56 Å². The molecule has 31 heavy (non-hydrogen) atoms. The minimum Gasteiger partial charge on any atom is -0.464 e. The van der Waals surface area contributed by atoms with E-state index in [4.69, 9.17) is 4.74 Å². The van der Waals surface area contributed by atoms with E-state index in [-0.39, 0.29) is 5.56 Å². The van der Waals surface area contributed by atoms with E-state index in [0.717, 1.165) is 43.9 Å². The van der Waals surface area contributed by atoms with Crippen LogP contribution in [0.1, 0.15) is 34.1 Å². The summed E-state index contributed by atoms with van der Waals surface area (Å²) in [7, 11) is 3.26. The van der Waals surface area contributed by atoms with E-state index in [1.165, 1.54) is 7.11 Å². The number of piperidine rings is 1. The van der Waals surface area contributed by atoms with Gasteiger partial charge in [0.05, 0.1) is 12.7 Å². The van der Waals surface area contributed by atoms with Crippen molar-refractivity contribution in [3.05, 3.63) is 70.2 Å². The predicted molar refractivity (Wildman–Crippen MR) is 115 cm³/mol. The fraction of sp³-hybridized carbons (Fsp3) is 0.391. The summed E-state index contributed by atoms with van der Waals surface area (Å²) < 4.78 is 8.56. The average Bonchev–Trinajstić information content (AvgIpc) is 3.20. The van der Waals surface area contributed by atoms with Gasteiger partial charge in [-0.1, -0.05) is 6.07 Å². The second-order valence-electron chi connectivity index (χ2n) is 8.49. The first-order valence-corrected chi connectivity index (χ1v) is 10.5. The lowest BCUT2D eigenvalue weighted by molar-refractivity contribution is 0.0594. The molecule has 0 aliphatic carbocycles. The summed E-state index contributed by atoms with van der Waals surface area (Å²) in [6.07, 6.45) is 6.43. The molecular formula is C23H25N5O3. The van der Waals surface area contributed by atoms with Crippen LogP contribution in [0.4, 0.5) is 0 Å². The largest absolute Gasteiger partial charge is 0.464 e. The highest BCUT2D eigenvalue weighted by Gasteiger charge is 2.35. The number of rotatable bonds is 4. The second-order valence-corrected chi connectivity index (χ2v) is 8.49. The first kappa shape index (κ1) is 19.7. The van der Waals surface area contributed by atoms with Crippen LogP contribution in [0.2, 0.25) is 0 Å². The van der Waals surface area contributed by atoms with Crippen LogP contribution in [-0.2, 0) is 24.9 Å². The van der Waals surface area contributed by atoms with Gasteiger partial charge in [-0.05, 0) is 36.1 Å². The maximum Gasteiger partial charge on any atom is 0.356 e. The first-order valence-electron chi connectivity index (χ1n) is 10.5. The molecule has 160 valence electrons. The predicted octanol–water partition coefficient (Wildman–Crippen LogP) is 2.05. The van der Waals surface area contributed by atoms with Crippen molar-refractivity contribution in [3.8, 4) is 11.4 Å². The first-order chi connectivity index (χ1) is 15.0. The van der Waals surface area contributed by atoms with Gasteiger partial charge in [0.1, 0.15) is 11.5 Å². The second kappa shape index (κ2) is 7.77. The monoisotopic (exact) mass is 419 g/mol. The maximum atomic E-state index is 13.2. The number of ether oxygens (including phenoxy) is 1. The Morgan fingerprint density at radius 2 is 2.03 bits per heavy atom. The summed E-state index contributed by atoms with van der Waals surface area (Å²) in [5.74, 6) is 1.05. The lowest BCUT2D eigenvalue weighted by Gasteiger charge is -2.43. The summed E-state index contributed by atoms with van der Waals surface area (Å²) in [5, 5.41) is 0. The molecule has 0 unspecified atom stereocenters. The van der Waals surface area contributed by atoms with E-state index in [1.807, 2.05) is 34.5 Å². The normalized spacial score (nSPS) is 20.3. The molecule has 5 rings (SSSR count). The van der Waals surface area contributed by atoms with E-state index in [0.29, 0.717) is 28.9 Å². The number of esters is 1. The Labute approximate surface area is 180 Å². The number of aryl methyl sites for hydroxylation is 1. The number of aromatic nitrogens is 4. The number of likely N-dealkylation sites (tertiary alicyclic amines) is 1. The standard InChI is InChI=1S/C23H25N5O3/c1-26-8-7-24-21(26)18-4-6-20-17-9-16(13-28(20)22(18)29)12-27(14-17)11-15-3-5-19(25-10-15)23(30)31-2/h3-8,10,16-17H,9,11-14H2,1-2H3/t16-,17+/m0/s1. The zero-order chi connectivity index (χ0) is 21.5. The Morgan fingerprint density at radius 3 is 2.74 bits per heavy atom. The fourth-order valence-electron chi connectivity index (χ4n) is 4.97. The van der Waals surface area contributed by atoms with Gasteiger partial charge in [0, 0.05) is 63.4 Å². The molecule has 2 aliphatic rings. The van der Waals surface area contributed by atoms with Crippen LogP contribution in [0.3, 0.4) is 0 Å². The molecule has 2 aliphatic heterocycles. The molecule has 8 nitrogen and oxygen atoms in total. The summed E-state index contributed by atoms with van der Waals surface area (Å²) in [6, 6.07) is 7.66. The van der Waals surface area contributed by atoms with Crippen LogP contribution in [0.5, 0.6) is 0 Å². The molecule has 0 saturated carbocycles. The molecule has 8 heteroatoms. The molecule has 3 aromatic rings. The topological polar surface area (TPSA) is 82.3 Å². The van der Waals surface area contributed by atoms with Crippen molar-refractivity contribution in [2.45, 2.75) is 25.4 Å². The highest BCUT2D eigenvalue weighted by atomic mass is 16.5. The Balaban J connectivity index is 1.36. The van der Waals surface area contributed by atoms with E-state index in [1.54, 1.807) is 18.5 Å². The molecule has 1 saturated heterocycles. The summed E-state index contributed by atoms with van der Waals surface area (Å²) in [4.78, 5) is 35.8. The van der Waals surface area contributed by atoms with Gasteiger partial charge in [-0.15, -0.1) is 0 Å². The van der Waals surface area contributed by atoms with Gasteiger partial charge in [-0.25, -0.2) is 14.8 Å². The van der Waals surface area contributed by atoms with Crippen molar-refractivity contribution in [3.63, 3.8) is 0 Å². The number of carbonyl (C=O) groups excluding carboxylic acids is 1. The minimum absolute atomic E-state index is 0.0533. The zero-order valence-electron chi connectivity index (χ0n) is 17.7. The number of fused-ring (bicyclic) bond motifs is 4. The van der Waals surface area contributed by atoms with Crippen molar-refractivity contribution >= 4 is 5.97 Å². The van der Waals surface area contributed by atoms with Gasteiger partial charge in [0.15, 0.2) is 0 Å². The number of imidazole rings is 1. The zero-order valence-corrected chi connectivity index (χ0v) is 17.7. The van der Waals surface area contributed by atoms with E-state index in [2.05, 4.69) is 20.9 Å². The third-order valence-electron chi connectivity index (χ3n) is 6.37. The molecule has 3 aromatic heterocycles. The molecule has 2 bridgehead atoms. The number of methoxy groups -OCH3 is 1. The number of carbonyl (C=O) groups is 1. The lowest BCUT2D eigenvalue weighted by Crippen LogP contribution is -2.47. The van der Waals surface area contributed by atoms with Gasteiger partial charge in [0.2, 0.25) is 0 Å². The number of hydrogen-bond acceptors (Lipinski definition) is 6. The Bertz CT molecular complexity index is 1180. The van der Waals surface area contributed by atoms with E-state index >= 15 is 0 Å². The highest BCUT2D eigenvalue weighted by molar-refractivity contribution is 5.86. The smallest absolute Gasteiger partial charge is 0.356 e. The number of nitrogens with zero attached hydrogens (tertiary/aromatic N) is 5. The van der Waals surface area contributed by atoms with Crippen LogP contribution in [0.15, 0.2) is 47.7 Å². The lowest BCUT2D eigenvalue weighted by atomic mass is 9.83. The van der Waals surface area contributed by atoms with Crippen LogP contribution in [0.25, 0.3) is 11.4 Å². The minimum atomic E-state index is -0.425. The summed E-state index contributed by atoms with van der Waals surface area (Å²) in [5.41, 5.74) is 3.21. The van der Waals surface area contributed by atoms with Gasteiger partial charge in [-0.2, -0.15) is 0 Å². The van der Waals surface area contributed by atoms with Crippen LogP contribution >= 0.6 is 0 Å². The van der Waals surface area contributed by atoms with Crippen LogP contribution in [0, 0.1) is 5.92 Å². The molecule has 0 N–H and O–H groups in total. The van der Waals surface area contributed by atoms with E-state index in [9.17, 15) is 9.59 Å². The van der Waals surface area contributed by atoms with Gasteiger partial charge in [-0.3, -0.25) is 9.69 Å². The number of hydrogen-bond donors (Lipinski definition) is 0. The van der Waals surface area contributed by atoms with E-state index < -0.39 is 5.97 Å². The molecule has 0 aromatic carbocycles. The fourth-order valence-corrected chi connectivity index (χ4v) is 4.97.